The van der Waals surface area contributed by atoms with Crippen molar-refractivity contribution in [2.24, 2.45) is 0 Å². The molecule has 0 heterocycles. The summed E-state index contributed by atoms with van der Waals surface area (Å²) < 4.78 is 23.8. The fourth-order valence-corrected chi connectivity index (χ4v) is 2.17. The zero-order valence-corrected chi connectivity index (χ0v) is 12.9. The number of halogens is 3. The third kappa shape index (κ3) is 4.44. The van der Waals surface area contributed by atoms with Crippen molar-refractivity contribution in [2.45, 2.75) is 20.0 Å². The molecule has 1 rings (SSSR count). The van der Waals surface area contributed by atoms with E-state index in [0.29, 0.717) is 0 Å². The van der Waals surface area contributed by atoms with Gasteiger partial charge in [-0.3, -0.25) is 4.79 Å². The number of carbonyl (C=O) groups is 2. The number of rotatable bonds is 5. The second-order valence-corrected chi connectivity index (χ2v) is 4.86. The lowest BCUT2D eigenvalue weighted by molar-refractivity contribution is -0.148. The molecule has 1 aromatic carbocycles. The minimum absolute atomic E-state index is 0.0737. The van der Waals surface area contributed by atoms with Crippen molar-refractivity contribution in [1.82, 2.24) is 0 Å². The standard InChI is InChI=1S/C14H13Cl2FO4/c1-4-20-14(19)7(2)13(21-8(3)18)12-10(16)5-9(15)6-11(12)17/h5-6,13H,2,4H2,1,3H3. The Morgan fingerprint density at radius 2 is 2.00 bits per heavy atom. The van der Waals surface area contributed by atoms with Crippen LogP contribution < -0.4 is 0 Å². The van der Waals surface area contributed by atoms with E-state index >= 15 is 0 Å². The predicted octanol–water partition coefficient (Wildman–Crippen LogP) is 3.86. The van der Waals surface area contributed by atoms with Crippen LogP contribution >= 0.6 is 23.2 Å². The number of esters is 2. The highest BCUT2D eigenvalue weighted by atomic mass is 35.5. The van der Waals surface area contributed by atoms with Crippen LogP contribution in [-0.4, -0.2) is 18.5 Å². The monoisotopic (exact) mass is 334 g/mol. The fourth-order valence-electron chi connectivity index (χ4n) is 1.60. The molecule has 114 valence electrons. The van der Waals surface area contributed by atoms with Gasteiger partial charge < -0.3 is 9.47 Å². The van der Waals surface area contributed by atoms with Gasteiger partial charge in [0.15, 0.2) is 6.10 Å². The molecule has 0 aliphatic rings. The summed E-state index contributed by atoms with van der Waals surface area (Å²) in [7, 11) is 0. The Hall–Kier alpha value is -1.59. The van der Waals surface area contributed by atoms with Gasteiger partial charge in [0.25, 0.3) is 0 Å². The minimum atomic E-state index is -1.38. The van der Waals surface area contributed by atoms with E-state index in [2.05, 4.69) is 6.58 Å². The summed E-state index contributed by atoms with van der Waals surface area (Å²) in [5, 5.41) is -0.0127. The Bertz CT molecular complexity index is 563. The van der Waals surface area contributed by atoms with Gasteiger partial charge in [0.2, 0.25) is 0 Å². The lowest BCUT2D eigenvalue weighted by Gasteiger charge is -2.20. The first-order valence-corrected chi connectivity index (χ1v) is 6.71. The molecular weight excluding hydrogens is 322 g/mol. The molecule has 0 N–H and O–H groups in total. The summed E-state index contributed by atoms with van der Waals surface area (Å²) in [5.41, 5.74) is -0.440. The molecule has 0 bridgehead atoms. The van der Waals surface area contributed by atoms with Crippen LogP contribution in [0.1, 0.15) is 25.5 Å². The van der Waals surface area contributed by atoms with Gasteiger partial charge in [0.05, 0.1) is 22.8 Å². The first-order chi connectivity index (χ1) is 9.77. The second kappa shape index (κ2) is 7.43. The van der Waals surface area contributed by atoms with Gasteiger partial charge >= 0.3 is 11.9 Å². The van der Waals surface area contributed by atoms with Crippen LogP contribution in [0.2, 0.25) is 10.0 Å². The van der Waals surface area contributed by atoms with Crippen molar-refractivity contribution in [3.8, 4) is 0 Å². The normalized spacial score (nSPS) is 11.7. The van der Waals surface area contributed by atoms with Crippen molar-refractivity contribution < 1.29 is 23.5 Å². The molecular formula is C14H13Cl2FO4. The van der Waals surface area contributed by atoms with Crippen molar-refractivity contribution >= 4 is 35.1 Å². The SMILES string of the molecule is C=C(C(=O)OCC)C(OC(C)=O)c1c(F)cc(Cl)cc1Cl. The Kier molecular flexibility index (Phi) is 6.18. The highest BCUT2D eigenvalue weighted by Crippen LogP contribution is 2.35. The van der Waals surface area contributed by atoms with Crippen LogP contribution in [0.5, 0.6) is 0 Å². The summed E-state index contributed by atoms with van der Waals surface area (Å²) in [6, 6.07) is 2.27. The summed E-state index contributed by atoms with van der Waals surface area (Å²) in [5.74, 6) is -2.35. The van der Waals surface area contributed by atoms with Crippen LogP contribution in [0.15, 0.2) is 24.3 Å². The molecule has 0 aromatic heterocycles. The molecule has 1 atom stereocenters. The molecule has 0 saturated heterocycles. The Morgan fingerprint density at radius 3 is 2.48 bits per heavy atom. The van der Waals surface area contributed by atoms with E-state index in [9.17, 15) is 14.0 Å². The van der Waals surface area contributed by atoms with E-state index in [1.54, 1.807) is 6.92 Å². The molecule has 1 aromatic rings. The lowest BCUT2D eigenvalue weighted by atomic mass is 10.0. The number of carbonyl (C=O) groups excluding carboxylic acids is 2. The summed E-state index contributed by atoms with van der Waals surface area (Å²) in [4.78, 5) is 22.9. The highest BCUT2D eigenvalue weighted by Gasteiger charge is 2.29. The molecule has 0 saturated carbocycles. The van der Waals surface area contributed by atoms with Gasteiger partial charge in [0, 0.05) is 11.9 Å². The molecule has 21 heavy (non-hydrogen) atoms. The Labute approximate surface area is 131 Å². The number of ether oxygens (including phenoxy) is 2. The van der Waals surface area contributed by atoms with Gasteiger partial charge in [-0.25, -0.2) is 9.18 Å². The quantitative estimate of drug-likeness (QED) is 0.606. The number of hydrogen-bond acceptors (Lipinski definition) is 4. The first-order valence-electron chi connectivity index (χ1n) is 5.95. The molecule has 0 radical (unpaired) electrons. The number of benzene rings is 1. The van der Waals surface area contributed by atoms with Crippen molar-refractivity contribution in [2.75, 3.05) is 6.61 Å². The van der Waals surface area contributed by atoms with Crippen LogP contribution in [0.3, 0.4) is 0 Å². The molecule has 1 unspecified atom stereocenters. The van der Waals surface area contributed by atoms with E-state index < -0.39 is 23.9 Å². The van der Waals surface area contributed by atoms with E-state index in [1.807, 2.05) is 0 Å². The van der Waals surface area contributed by atoms with Crippen molar-refractivity contribution in [1.29, 1.82) is 0 Å². The third-order valence-electron chi connectivity index (χ3n) is 2.44. The Morgan fingerprint density at radius 1 is 1.38 bits per heavy atom. The smallest absolute Gasteiger partial charge is 0.337 e. The zero-order valence-electron chi connectivity index (χ0n) is 11.4. The molecule has 0 amide bonds. The minimum Gasteiger partial charge on any atom is -0.463 e. The topological polar surface area (TPSA) is 52.6 Å². The van der Waals surface area contributed by atoms with Gasteiger partial charge in [-0.1, -0.05) is 29.8 Å². The van der Waals surface area contributed by atoms with Gasteiger partial charge in [-0.2, -0.15) is 0 Å². The number of hydrogen-bond donors (Lipinski definition) is 0. The van der Waals surface area contributed by atoms with E-state index in [4.69, 9.17) is 32.7 Å². The van der Waals surface area contributed by atoms with Crippen molar-refractivity contribution in [3.63, 3.8) is 0 Å². The van der Waals surface area contributed by atoms with E-state index in [1.165, 1.54) is 6.07 Å². The predicted molar refractivity (Wildman–Crippen MR) is 76.7 cm³/mol. The Balaban J connectivity index is 3.29. The summed E-state index contributed by atoms with van der Waals surface area (Å²) in [6.45, 7) is 6.31. The van der Waals surface area contributed by atoms with Crippen LogP contribution in [0.4, 0.5) is 4.39 Å². The zero-order chi connectivity index (χ0) is 16.2. The largest absolute Gasteiger partial charge is 0.463 e. The summed E-state index contributed by atoms with van der Waals surface area (Å²) in [6.07, 6.45) is -1.38. The van der Waals surface area contributed by atoms with E-state index in [-0.39, 0.29) is 27.8 Å². The average molecular weight is 335 g/mol. The second-order valence-electron chi connectivity index (χ2n) is 4.02. The molecule has 0 fully saturated rings. The molecule has 4 nitrogen and oxygen atoms in total. The molecule has 0 aliphatic carbocycles. The maximum atomic E-state index is 14.1. The van der Waals surface area contributed by atoms with Crippen molar-refractivity contribution in [3.05, 3.63) is 45.7 Å². The maximum absolute atomic E-state index is 14.1. The average Bonchev–Trinajstić information content (AvgIpc) is 2.35. The molecule has 0 aliphatic heterocycles. The van der Waals surface area contributed by atoms with Gasteiger partial charge in [-0.05, 0) is 19.1 Å². The van der Waals surface area contributed by atoms with Crippen LogP contribution in [0.25, 0.3) is 0 Å². The first kappa shape index (κ1) is 17.5. The lowest BCUT2D eigenvalue weighted by Crippen LogP contribution is -2.19. The maximum Gasteiger partial charge on any atom is 0.337 e. The van der Waals surface area contributed by atoms with Gasteiger partial charge in [0.1, 0.15) is 5.82 Å². The van der Waals surface area contributed by atoms with Crippen LogP contribution in [-0.2, 0) is 19.1 Å². The van der Waals surface area contributed by atoms with E-state index in [0.717, 1.165) is 13.0 Å². The fraction of sp³-hybridized carbons (Fsp3) is 0.286. The van der Waals surface area contributed by atoms with Gasteiger partial charge in [-0.15, -0.1) is 0 Å². The molecule has 7 heteroatoms. The van der Waals surface area contributed by atoms with Crippen LogP contribution in [0, 0.1) is 5.82 Å². The highest BCUT2D eigenvalue weighted by molar-refractivity contribution is 6.35. The molecule has 0 spiro atoms. The summed E-state index contributed by atoms with van der Waals surface area (Å²) >= 11 is 11.6. The third-order valence-corrected chi connectivity index (χ3v) is 2.97.